The largest absolute Gasteiger partial charge is 0.496 e. The normalized spacial score (nSPS) is 17.7. The molecular weight excluding hydrogens is 273 g/mol. The van der Waals surface area contributed by atoms with Crippen molar-refractivity contribution in [2.24, 2.45) is 0 Å². The number of rotatable bonds is 3. The first-order valence-electron chi connectivity index (χ1n) is 6.95. The Balaban J connectivity index is 2.20. The maximum Gasteiger partial charge on any atom is 0.127 e. The van der Waals surface area contributed by atoms with Crippen molar-refractivity contribution in [3.63, 3.8) is 0 Å². The van der Waals surface area contributed by atoms with Crippen molar-refractivity contribution < 1.29 is 14.3 Å². The molecule has 0 aliphatic carbocycles. The smallest absolute Gasteiger partial charge is 0.127 e. The number of benzene rings is 1. The molecule has 1 aliphatic heterocycles. The van der Waals surface area contributed by atoms with E-state index in [1.807, 2.05) is 0 Å². The molecule has 1 aromatic carbocycles. The highest BCUT2D eigenvalue weighted by atomic mass is 19.2. The first-order chi connectivity index (χ1) is 10.2. The molecule has 0 spiro atoms. The van der Waals surface area contributed by atoms with Crippen LogP contribution in [0.2, 0.25) is 0 Å². The highest BCUT2D eigenvalue weighted by Crippen LogP contribution is 2.39. The van der Waals surface area contributed by atoms with Gasteiger partial charge in [-0.05, 0) is 38.1 Å². The van der Waals surface area contributed by atoms with Crippen LogP contribution < -0.4 is 15.6 Å². The molecule has 21 heavy (non-hydrogen) atoms. The van der Waals surface area contributed by atoms with Crippen molar-refractivity contribution in [1.29, 1.82) is 0 Å². The number of aliphatic hydroxyl groups is 1. The van der Waals surface area contributed by atoms with Gasteiger partial charge in [0.15, 0.2) is 0 Å². The molecule has 1 aliphatic rings. The van der Waals surface area contributed by atoms with Crippen LogP contribution in [-0.4, -0.2) is 30.3 Å². The molecule has 112 valence electrons. The average molecular weight is 291 g/mol. The summed E-state index contributed by atoms with van der Waals surface area (Å²) in [4.78, 5) is 4.23. The maximum absolute atomic E-state index is 12.9. The van der Waals surface area contributed by atoms with Crippen LogP contribution in [0.5, 0.6) is 5.75 Å². The summed E-state index contributed by atoms with van der Waals surface area (Å²) in [7, 11) is 1.56. The van der Waals surface area contributed by atoms with Gasteiger partial charge in [-0.25, -0.2) is 5.54 Å². The summed E-state index contributed by atoms with van der Waals surface area (Å²) in [6, 6.07) is 5.07. The summed E-state index contributed by atoms with van der Waals surface area (Å²) < 4.78 is 18.3. The summed E-state index contributed by atoms with van der Waals surface area (Å²) in [6.45, 7) is 1.47. The van der Waals surface area contributed by atoms with Gasteiger partial charge >= 0.3 is 0 Å². The molecule has 1 fully saturated rings. The summed E-state index contributed by atoms with van der Waals surface area (Å²) in [5.74, 6) is 0.579. The molecular formula is C15H18FN3O2. The van der Waals surface area contributed by atoms with Crippen LogP contribution in [-0.2, 0) is 5.60 Å². The lowest BCUT2D eigenvalue weighted by Gasteiger charge is -2.34. The predicted octanol–water partition coefficient (Wildman–Crippen LogP) is 2.11. The van der Waals surface area contributed by atoms with E-state index in [0.717, 1.165) is 13.1 Å². The van der Waals surface area contributed by atoms with Crippen LogP contribution in [0.1, 0.15) is 18.4 Å². The molecule has 0 unspecified atom stereocenters. The lowest BCUT2D eigenvalue weighted by Crippen LogP contribution is -2.39. The Morgan fingerprint density at radius 2 is 2.14 bits per heavy atom. The Labute approximate surface area is 122 Å². The Morgan fingerprint density at radius 3 is 2.81 bits per heavy atom. The summed E-state index contributed by atoms with van der Waals surface area (Å²) in [5, 5.41) is 14.8. The Kier molecular flexibility index (Phi) is 3.65. The number of methoxy groups -OCH3 is 1. The highest BCUT2D eigenvalue weighted by molar-refractivity contribution is 5.92. The summed E-state index contributed by atoms with van der Waals surface area (Å²) in [5.41, 5.74) is 2.35. The fraction of sp³-hybridized carbons (Fsp3) is 0.400. The third-order valence-corrected chi connectivity index (χ3v) is 4.10. The first kappa shape index (κ1) is 14.0. The molecule has 3 N–H and O–H groups in total. The zero-order valence-electron chi connectivity index (χ0n) is 11.8. The number of pyridine rings is 1. The van der Waals surface area contributed by atoms with Gasteiger partial charge in [-0.15, -0.1) is 4.48 Å². The predicted molar refractivity (Wildman–Crippen MR) is 79.0 cm³/mol. The molecule has 6 heteroatoms. The monoisotopic (exact) mass is 291 g/mol. The number of nitrogens with zero attached hydrogens (tertiary/aromatic N) is 1. The van der Waals surface area contributed by atoms with E-state index in [1.165, 1.54) is 6.20 Å². The number of piperidine rings is 1. The standard InChI is InChI=1S/C15H18FN3O2/c1-21-14-9-13-10(12(19-16)2-5-18-13)8-11(14)15(20)3-6-17-7-4-15/h2,5,8-9,17,20H,3-4,6-7H2,1H3,(H,18,19). The van der Waals surface area contributed by atoms with Crippen LogP contribution in [0.25, 0.3) is 10.9 Å². The maximum atomic E-state index is 12.9. The number of nitrogens with one attached hydrogen (secondary N) is 2. The molecule has 2 heterocycles. The second-order valence-corrected chi connectivity index (χ2v) is 5.30. The van der Waals surface area contributed by atoms with Gasteiger partial charge < -0.3 is 15.2 Å². The van der Waals surface area contributed by atoms with Crippen LogP contribution in [0.4, 0.5) is 10.2 Å². The minimum Gasteiger partial charge on any atom is -0.496 e. The van der Waals surface area contributed by atoms with Gasteiger partial charge in [0.25, 0.3) is 0 Å². The van der Waals surface area contributed by atoms with E-state index in [-0.39, 0.29) is 0 Å². The van der Waals surface area contributed by atoms with Gasteiger partial charge in [0, 0.05) is 23.2 Å². The van der Waals surface area contributed by atoms with E-state index in [2.05, 4.69) is 10.3 Å². The third-order valence-electron chi connectivity index (χ3n) is 4.10. The first-order valence-corrected chi connectivity index (χ1v) is 6.95. The number of ether oxygens (including phenoxy) is 1. The van der Waals surface area contributed by atoms with Gasteiger partial charge in [-0.1, -0.05) is 0 Å². The van der Waals surface area contributed by atoms with Crippen molar-refractivity contribution in [1.82, 2.24) is 10.3 Å². The molecule has 0 atom stereocenters. The minimum absolute atomic E-state index is 0.335. The molecule has 1 saturated heterocycles. The van der Waals surface area contributed by atoms with Gasteiger partial charge in [0.05, 0.1) is 23.9 Å². The Hall–Kier alpha value is -1.92. The molecule has 5 nitrogen and oxygen atoms in total. The van der Waals surface area contributed by atoms with Crippen LogP contribution in [0, 0.1) is 0 Å². The number of hydrogen-bond donors (Lipinski definition) is 3. The summed E-state index contributed by atoms with van der Waals surface area (Å²) in [6.07, 6.45) is 2.71. The highest BCUT2D eigenvalue weighted by Gasteiger charge is 2.34. The Morgan fingerprint density at radius 1 is 1.38 bits per heavy atom. The van der Waals surface area contributed by atoms with E-state index in [1.54, 1.807) is 30.8 Å². The fourth-order valence-electron chi connectivity index (χ4n) is 2.90. The van der Waals surface area contributed by atoms with Crippen molar-refractivity contribution in [2.45, 2.75) is 18.4 Å². The summed E-state index contributed by atoms with van der Waals surface area (Å²) >= 11 is 0. The van der Waals surface area contributed by atoms with Crippen molar-refractivity contribution in [3.05, 3.63) is 30.0 Å². The zero-order chi connectivity index (χ0) is 14.9. The topological polar surface area (TPSA) is 66.4 Å². The van der Waals surface area contributed by atoms with Crippen molar-refractivity contribution in [3.8, 4) is 5.75 Å². The number of halogens is 1. The van der Waals surface area contributed by atoms with Gasteiger partial charge in [0.2, 0.25) is 0 Å². The van der Waals surface area contributed by atoms with Crippen LogP contribution in [0.3, 0.4) is 0 Å². The SMILES string of the molecule is COc1cc2nccc(NF)c2cc1C1(O)CCNCC1. The molecule has 1 aromatic heterocycles. The quantitative estimate of drug-likeness (QED) is 0.756. The Bertz CT molecular complexity index is 657. The number of aromatic nitrogens is 1. The van der Waals surface area contributed by atoms with E-state index in [0.29, 0.717) is 40.7 Å². The number of hydrogen-bond acceptors (Lipinski definition) is 5. The van der Waals surface area contributed by atoms with E-state index in [4.69, 9.17) is 4.74 Å². The lowest BCUT2D eigenvalue weighted by molar-refractivity contribution is 0.00406. The zero-order valence-corrected chi connectivity index (χ0v) is 11.8. The molecule has 0 saturated carbocycles. The van der Waals surface area contributed by atoms with E-state index >= 15 is 0 Å². The van der Waals surface area contributed by atoms with E-state index < -0.39 is 5.60 Å². The van der Waals surface area contributed by atoms with Crippen LogP contribution in [0.15, 0.2) is 24.4 Å². The van der Waals surface area contributed by atoms with Gasteiger partial charge in [-0.3, -0.25) is 4.98 Å². The van der Waals surface area contributed by atoms with Gasteiger partial charge in [-0.2, -0.15) is 0 Å². The fourth-order valence-corrected chi connectivity index (χ4v) is 2.90. The number of anilines is 1. The van der Waals surface area contributed by atoms with Crippen molar-refractivity contribution in [2.75, 3.05) is 25.7 Å². The van der Waals surface area contributed by atoms with Crippen LogP contribution >= 0.6 is 0 Å². The number of fused-ring (bicyclic) bond motifs is 1. The molecule has 0 radical (unpaired) electrons. The lowest BCUT2D eigenvalue weighted by atomic mass is 9.84. The second kappa shape index (κ2) is 5.46. The second-order valence-electron chi connectivity index (χ2n) is 5.30. The molecule has 0 bridgehead atoms. The molecule has 0 amide bonds. The van der Waals surface area contributed by atoms with E-state index in [9.17, 15) is 9.59 Å². The van der Waals surface area contributed by atoms with Gasteiger partial charge in [0.1, 0.15) is 5.75 Å². The molecule has 2 aromatic rings. The van der Waals surface area contributed by atoms with Crippen molar-refractivity contribution >= 4 is 16.6 Å². The average Bonchev–Trinajstić information content (AvgIpc) is 2.53. The third kappa shape index (κ3) is 2.41. The minimum atomic E-state index is -0.964. The molecule has 3 rings (SSSR count).